The number of aliphatic hydroxyl groups excluding tert-OH is 1. The zero-order valence-electron chi connectivity index (χ0n) is 11.8. The number of primary sulfonamides is 1. The molecule has 0 radical (unpaired) electrons. The van der Waals surface area contributed by atoms with Gasteiger partial charge in [-0.1, -0.05) is 55.5 Å². The molecule has 0 aliphatic rings. The average Bonchev–Trinajstić information content (AvgIpc) is 2.48. The van der Waals surface area contributed by atoms with Crippen molar-refractivity contribution in [2.24, 2.45) is 5.14 Å². The van der Waals surface area contributed by atoms with Crippen LogP contribution < -0.4 is 5.14 Å². The maximum Gasteiger partial charge on any atom is 0.238 e. The molecule has 21 heavy (non-hydrogen) atoms. The van der Waals surface area contributed by atoms with Gasteiger partial charge in [0.15, 0.2) is 0 Å². The summed E-state index contributed by atoms with van der Waals surface area (Å²) in [6.07, 6.45) is 0. The lowest BCUT2D eigenvalue weighted by Crippen LogP contribution is -2.20. The van der Waals surface area contributed by atoms with E-state index in [1.54, 1.807) is 18.2 Å². The predicted molar refractivity (Wildman–Crippen MR) is 82.5 cm³/mol. The van der Waals surface area contributed by atoms with E-state index in [-0.39, 0.29) is 23.3 Å². The first-order valence-corrected chi connectivity index (χ1v) is 8.27. The van der Waals surface area contributed by atoms with Crippen molar-refractivity contribution in [3.63, 3.8) is 0 Å². The summed E-state index contributed by atoms with van der Waals surface area (Å²) < 4.78 is 23.5. The fraction of sp³-hybridized carbons (Fsp3) is 0.250. The molecule has 4 nitrogen and oxygen atoms in total. The van der Waals surface area contributed by atoms with Crippen LogP contribution >= 0.6 is 0 Å². The van der Waals surface area contributed by atoms with E-state index >= 15 is 0 Å². The highest BCUT2D eigenvalue weighted by atomic mass is 32.2. The molecule has 2 rings (SSSR count). The smallest absolute Gasteiger partial charge is 0.238 e. The second kappa shape index (κ2) is 6.39. The van der Waals surface area contributed by atoms with Crippen LogP contribution in [0.4, 0.5) is 0 Å². The van der Waals surface area contributed by atoms with Crippen molar-refractivity contribution in [3.05, 3.63) is 65.7 Å². The van der Waals surface area contributed by atoms with Gasteiger partial charge in [-0.05, 0) is 23.1 Å². The molecule has 0 saturated heterocycles. The molecule has 0 amide bonds. The molecule has 2 atom stereocenters. The molecule has 0 heterocycles. The lowest BCUT2D eigenvalue weighted by molar-refractivity contribution is 0.250. The molecule has 2 aromatic rings. The summed E-state index contributed by atoms with van der Waals surface area (Å²) in [7, 11) is -3.82. The molecule has 3 N–H and O–H groups in total. The van der Waals surface area contributed by atoms with Crippen LogP contribution in [0, 0.1) is 0 Å². The van der Waals surface area contributed by atoms with Gasteiger partial charge in [0.2, 0.25) is 10.0 Å². The molecule has 5 heteroatoms. The predicted octanol–water partition coefficient (Wildman–Crippen LogP) is 2.21. The lowest BCUT2D eigenvalue weighted by atomic mass is 9.83. The minimum atomic E-state index is -3.82. The Balaban J connectivity index is 2.48. The topological polar surface area (TPSA) is 80.4 Å². The standard InChI is InChI=1S/C16H19NO3S/c1-12(13-7-3-2-4-8-13)15(11-18)14-9-5-6-10-16(14)21(17,19)20/h2-10,12,15,18H,11H2,1H3,(H2,17,19,20). The first-order valence-electron chi connectivity index (χ1n) is 6.72. The Hall–Kier alpha value is -1.69. The van der Waals surface area contributed by atoms with Crippen molar-refractivity contribution in [2.75, 3.05) is 6.61 Å². The number of rotatable bonds is 5. The van der Waals surface area contributed by atoms with Gasteiger partial charge in [0.25, 0.3) is 0 Å². The van der Waals surface area contributed by atoms with Crippen LogP contribution in [0.1, 0.15) is 29.9 Å². The third-order valence-corrected chi connectivity index (χ3v) is 4.74. The van der Waals surface area contributed by atoms with Gasteiger partial charge < -0.3 is 5.11 Å². The molecule has 112 valence electrons. The molecular weight excluding hydrogens is 286 g/mol. The Morgan fingerprint density at radius 3 is 2.19 bits per heavy atom. The van der Waals surface area contributed by atoms with Crippen LogP contribution in [0.15, 0.2) is 59.5 Å². The fourth-order valence-electron chi connectivity index (χ4n) is 2.56. The van der Waals surface area contributed by atoms with E-state index in [9.17, 15) is 13.5 Å². The van der Waals surface area contributed by atoms with Gasteiger partial charge in [-0.15, -0.1) is 0 Å². The highest BCUT2D eigenvalue weighted by Crippen LogP contribution is 2.35. The summed E-state index contributed by atoms with van der Waals surface area (Å²) in [6, 6.07) is 16.3. The second-order valence-corrected chi connectivity index (χ2v) is 6.60. The van der Waals surface area contributed by atoms with E-state index in [1.165, 1.54) is 6.07 Å². The highest BCUT2D eigenvalue weighted by Gasteiger charge is 2.25. The molecule has 0 aromatic heterocycles. The van der Waals surface area contributed by atoms with Crippen molar-refractivity contribution in [3.8, 4) is 0 Å². The van der Waals surface area contributed by atoms with E-state index in [1.807, 2.05) is 37.3 Å². The largest absolute Gasteiger partial charge is 0.396 e. The molecule has 2 aromatic carbocycles. The van der Waals surface area contributed by atoms with Crippen molar-refractivity contribution in [1.82, 2.24) is 0 Å². The van der Waals surface area contributed by atoms with E-state index in [2.05, 4.69) is 0 Å². The quantitative estimate of drug-likeness (QED) is 0.888. The van der Waals surface area contributed by atoms with E-state index in [0.29, 0.717) is 5.56 Å². The minimum absolute atomic E-state index is 0.0286. The van der Waals surface area contributed by atoms with Gasteiger partial charge in [0, 0.05) is 5.92 Å². The van der Waals surface area contributed by atoms with Crippen LogP contribution in [0.5, 0.6) is 0 Å². The maximum atomic E-state index is 11.7. The van der Waals surface area contributed by atoms with Crippen LogP contribution in [0.25, 0.3) is 0 Å². The zero-order chi connectivity index (χ0) is 15.5. The van der Waals surface area contributed by atoms with Crippen LogP contribution in [-0.4, -0.2) is 20.1 Å². The maximum absolute atomic E-state index is 11.7. The third-order valence-electron chi connectivity index (χ3n) is 3.75. The zero-order valence-corrected chi connectivity index (χ0v) is 12.6. The summed E-state index contributed by atoms with van der Waals surface area (Å²) in [6.45, 7) is 1.82. The van der Waals surface area contributed by atoms with Crippen molar-refractivity contribution < 1.29 is 13.5 Å². The van der Waals surface area contributed by atoms with Crippen LogP contribution in [0.2, 0.25) is 0 Å². The monoisotopic (exact) mass is 305 g/mol. The number of hydrogen-bond donors (Lipinski definition) is 2. The summed E-state index contributed by atoms with van der Waals surface area (Å²) in [4.78, 5) is 0.0758. The van der Waals surface area contributed by atoms with Gasteiger partial charge in [-0.25, -0.2) is 13.6 Å². The number of sulfonamides is 1. The molecule has 2 unspecified atom stereocenters. The van der Waals surface area contributed by atoms with Gasteiger partial charge in [-0.2, -0.15) is 0 Å². The Morgan fingerprint density at radius 1 is 1.05 bits per heavy atom. The number of benzene rings is 2. The molecule has 0 bridgehead atoms. The van der Waals surface area contributed by atoms with Gasteiger partial charge in [-0.3, -0.25) is 0 Å². The van der Waals surface area contributed by atoms with Crippen molar-refractivity contribution >= 4 is 10.0 Å². The number of aliphatic hydroxyl groups is 1. The Bertz CT molecular complexity index is 698. The van der Waals surface area contributed by atoms with Gasteiger partial charge >= 0.3 is 0 Å². The number of nitrogens with two attached hydrogens (primary N) is 1. The van der Waals surface area contributed by atoms with Gasteiger partial charge in [0.1, 0.15) is 0 Å². The Labute approximate surface area is 125 Å². The normalized spacial score (nSPS) is 14.6. The minimum Gasteiger partial charge on any atom is -0.396 e. The second-order valence-electron chi connectivity index (χ2n) is 5.07. The average molecular weight is 305 g/mol. The number of hydrogen-bond acceptors (Lipinski definition) is 3. The van der Waals surface area contributed by atoms with Crippen LogP contribution in [-0.2, 0) is 10.0 Å². The summed E-state index contributed by atoms with van der Waals surface area (Å²) in [5, 5.41) is 15.0. The van der Waals surface area contributed by atoms with Crippen molar-refractivity contribution in [2.45, 2.75) is 23.7 Å². The first-order chi connectivity index (χ1) is 9.95. The summed E-state index contributed by atoms with van der Waals surface area (Å²) in [5.74, 6) is -0.360. The molecule has 0 fully saturated rings. The van der Waals surface area contributed by atoms with E-state index in [0.717, 1.165) is 5.56 Å². The third kappa shape index (κ3) is 3.50. The SMILES string of the molecule is CC(c1ccccc1)C(CO)c1ccccc1S(N)(=O)=O. The van der Waals surface area contributed by atoms with Gasteiger partial charge in [0.05, 0.1) is 11.5 Å². The molecular formula is C16H19NO3S. The summed E-state index contributed by atoms with van der Waals surface area (Å²) in [5.41, 5.74) is 1.60. The Kier molecular flexibility index (Phi) is 4.77. The van der Waals surface area contributed by atoms with E-state index in [4.69, 9.17) is 5.14 Å². The molecule has 0 aliphatic carbocycles. The lowest BCUT2D eigenvalue weighted by Gasteiger charge is -2.24. The van der Waals surface area contributed by atoms with Crippen LogP contribution in [0.3, 0.4) is 0 Å². The molecule has 0 spiro atoms. The first kappa shape index (κ1) is 15.7. The summed E-state index contributed by atoms with van der Waals surface area (Å²) >= 11 is 0. The molecule has 0 saturated carbocycles. The van der Waals surface area contributed by atoms with Crippen molar-refractivity contribution in [1.29, 1.82) is 0 Å². The fourth-order valence-corrected chi connectivity index (χ4v) is 3.38. The highest BCUT2D eigenvalue weighted by molar-refractivity contribution is 7.89. The Morgan fingerprint density at radius 2 is 1.62 bits per heavy atom. The van der Waals surface area contributed by atoms with E-state index < -0.39 is 10.0 Å². The molecule has 0 aliphatic heterocycles.